The number of benzene rings is 2. The molecule has 134 valence electrons. The Hall–Kier alpha value is -2.79. The lowest BCUT2D eigenvalue weighted by Crippen LogP contribution is -2.08. The molecule has 0 aliphatic rings. The van der Waals surface area contributed by atoms with E-state index >= 15 is 0 Å². The van der Waals surface area contributed by atoms with Crippen LogP contribution in [-0.4, -0.2) is 29.5 Å². The molecule has 3 aromatic rings. The molecule has 3 rings (SSSR count). The van der Waals surface area contributed by atoms with Gasteiger partial charge >= 0.3 is 5.97 Å². The highest BCUT2D eigenvalue weighted by atomic mass is 35.5. The molecule has 1 aromatic heterocycles. The van der Waals surface area contributed by atoms with Crippen LogP contribution in [0.3, 0.4) is 0 Å². The Kier molecular flexibility index (Phi) is 5.58. The van der Waals surface area contributed by atoms with Gasteiger partial charge in [0.1, 0.15) is 5.75 Å². The molecule has 0 saturated carbocycles. The second-order valence-electron chi connectivity index (χ2n) is 5.65. The zero-order chi connectivity index (χ0) is 18.5. The summed E-state index contributed by atoms with van der Waals surface area (Å²) < 4.78 is 12.1. The topological polar surface area (TPSA) is 53.4 Å². The zero-order valence-corrected chi connectivity index (χ0v) is 15.4. The van der Waals surface area contributed by atoms with E-state index in [1.165, 1.54) is 0 Å². The van der Waals surface area contributed by atoms with Gasteiger partial charge in [-0.2, -0.15) is 5.10 Å². The molecule has 2 aromatic carbocycles. The molecular weight excluding hydrogens is 352 g/mol. The van der Waals surface area contributed by atoms with E-state index in [0.29, 0.717) is 18.2 Å². The van der Waals surface area contributed by atoms with Gasteiger partial charge in [-0.3, -0.25) is 4.68 Å². The monoisotopic (exact) mass is 370 g/mol. The summed E-state index contributed by atoms with van der Waals surface area (Å²) in [5.74, 6) is 0.334. The maximum atomic E-state index is 12.1. The fourth-order valence-electron chi connectivity index (χ4n) is 2.60. The van der Waals surface area contributed by atoms with Crippen molar-refractivity contribution >= 4 is 17.6 Å². The van der Waals surface area contributed by atoms with Gasteiger partial charge in [-0.1, -0.05) is 23.7 Å². The number of halogens is 1. The van der Waals surface area contributed by atoms with Crippen LogP contribution < -0.4 is 4.74 Å². The van der Waals surface area contributed by atoms with E-state index in [2.05, 4.69) is 5.10 Å². The quantitative estimate of drug-likeness (QED) is 0.602. The smallest absolute Gasteiger partial charge is 0.358 e. The molecule has 0 N–H and O–H groups in total. The number of carbonyl (C=O) groups excluding carboxylic acids is 1. The second kappa shape index (κ2) is 8.06. The Bertz CT molecular complexity index is 886. The van der Waals surface area contributed by atoms with Crippen molar-refractivity contribution in [3.8, 4) is 17.0 Å². The largest absolute Gasteiger partial charge is 0.497 e. The molecule has 0 atom stereocenters. The van der Waals surface area contributed by atoms with Crippen LogP contribution in [0, 0.1) is 0 Å². The van der Waals surface area contributed by atoms with Crippen molar-refractivity contribution in [2.24, 2.45) is 0 Å². The van der Waals surface area contributed by atoms with Gasteiger partial charge < -0.3 is 9.47 Å². The molecule has 0 bridgehead atoms. The van der Waals surface area contributed by atoms with Crippen molar-refractivity contribution in [3.05, 3.63) is 70.9 Å². The van der Waals surface area contributed by atoms with Crippen molar-refractivity contribution < 1.29 is 14.3 Å². The fraction of sp³-hybridized carbons (Fsp3) is 0.200. The van der Waals surface area contributed by atoms with Crippen LogP contribution in [0.5, 0.6) is 5.75 Å². The van der Waals surface area contributed by atoms with E-state index in [1.807, 2.05) is 48.5 Å². The van der Waals surface area contributed by atoms with Crippen molar-refractivity contribution in [1.29, 1.82) is 0 Å². The molecule has 0 aliphatic heterocycles. The van der Waals surface area contributed by atoms with Crippen LogP contribution >= 0.6 is 11.6 Å². The summed E-state index contributed by atoms with van der Waals surface area (Å²) >= 11 is 5.96. The van der Waals surface area contributed by atoms with Gasteiger partial charge in [0.25, 0.3) is 0 Å². The predicted octanol–water partition coefficient (Wildman–Crippen LogP) is 4.44. The highest BCUT2D eigenvalue weighted by Gasteiger charge is 2.17. The van der Waals surface area contributed by atoms with Gasteiger partial charge in [-0.05, 0) is 55.0 Å². The number of nitrogens with zero attached hydrogens (tertiary/aromatic N) is 2. The Labute approximate surface area is 157 Å². The molecule has 0 amide bonds. The van der Waals surface area contributed by atoms with E-state index in [-0.39, 0.29) is 5.69 Å². The summed E-state index contributed by atoms with van der Waals surface area (Å²) in [6.07, 6.45) is 0. The van der Waals surface area contributed by atoms with Crippen molar-refractivity contribution in [2.45, 2.75) is 13.5 Å². The summed E-state index contributed by atoms with van der Waals surface area (Å²) in [5.41, 5.74) is 3.07. The van der Waals surface area contributed by atoms with Crippen molar-refractivity contribution in [1.82, 2.24) is 9.78 Å². The molecule has 0 aliphatic carbocycles. The maximum Gasteiger partial charge on any atom is 0.358 e. The summed E-state index contributed by atoms with van der Waals surface area (Å²) in [7, 11) is 1.62. The lowest BCUT2D eigenvalue weighted by molar-refractivity contribution is 0.0518. The highest BCUT2D eigenvalue weighted by molar-refractivity contribution is 6.30. The third-order valence-electron chi connectivity index (χ3n) is 3.90. The normalized spacial score (nSPS) is 10.6. The van der Waals surface area contributed by atoms with E-state index in [4.69, 9.17) is 21.1 Å². The van der Waals surface area contributed by atoms with Crippen LogP contribution in [0.2, 0.25) is 5.02 Å². The first-order chi connectivity index (χ1) is 12.6. The summed E-state index contributed by atoms with van der Waals surface area (Å²) in [5, 5.41) is 5.12. The lowest BCUT2D eigenvalue weighted by Gasteiger charge is -2.08. The number of rotatable bonds is 6. The molecule has 0 spiro atoms. The average Bonchev–Trinajstić information content (AvgIpc) is 3.08. The van der Waals surface area contributed by atoms with Gasteiger partial charge in [0.05, 0.1) is 26.0 Å². The minimum Gasteiger partial charge on any atom is -0.497 e. The van der Waals surface area contributed by atoms with E-state index in [9.17, 15) is 4.79 Å². The first-order valence-corrected chi connectivity index (χ1v) is 8.62. The number of esters is 1. The zero-order valence-electron chi connectivity index (χ0n) is 14.6. The van der Waals surface area contributed by atoms with Crippen LogP contribution in [-0.2, 0) is 11.3 Å². The molecule has 0 fully saturated rings. The van der Waals surface area contributed by atoms with Crippen LogP contribution in [0.1, 0.15) is 23.0 Å². The molecule has 26 heavy (non-hydrogen) atoms. The summed E-state index contributed by atoms with van der Waals surface area (Å²) in [4.78, 5) is 12.1. The SMILES string of the molecule is CCOC(=O)c1cc(-c2ccc(OC)cc2)n(Cc2ccc(Cl)cc2)n1. The van der Waals surface area contributed by atoms with Gasteiger partial charge in [0.15, 0.2) is 5.69 Å². The fourth-order valence-corrected chi connectivity index (χ4v) is 2.72. The third-order valence-corrected chi connectivity index (χ3v) is 4.15. The Morgan fingerprint density at radius 3 is 2.42 bits per heavy atom. The van der Waals surface area contributed by atoms with Crippen molar-refractivity contribution in [2.75, 3.05) is 13.7 Å². The van der Waals surface area contributed by atoms with Gasteiger partial charge in [0, 0.05) is 10.6 Å². The number of hydrogen-bond acceptors (Lipinski definition) is 4. The minimum atomic E-state index is -0.433. The van der Waals surface area contributed by atoms with E-state index in [1.54, 1.807) is 24.8 Å². The van der Waals surface area contributed by atoms with Gasteiger partial charge in [-0.15, -0.1) is 0 Å². The van der Waals surface area contributed by atoms with Crippen LogP contribution in [0.4, 0.5) is 0 Å². The number of ether oxygens (including phenoxy) is 2. The molecule has 0 radical (unpaired) electrons. The number of methoxy groups -OCH3 is 1. The molecule has 1 heterocycles. The molecule has 0 unspecified atom stereocenters. The molecule has 5 nitrogen and oxygen atoms in total. The van der Waals surface area contributed by atoms with Gasteiger partial charge in [0.2, 0.25) is 0 Å². The first kappa shape index (κ1) is 18.0. The second-order valence-corrected chi connectivity index (χ2v) is 6.08. The number of aromatic nitrogens is 2. The standard InChI is InChI=1S/C20H19ClN2O3/c1-3-26-20(24)18-12-19(15-6-10-17(25-2)11-7-15)23(22-18)13-14-4-8-16(21)9-5-14/h4-12H,3,13H2,1-2H3. The first-order valence-electron chi connectivity index (χ1n) is 8.24. The number of hydrogen-bond donors (Lipinski definition) is 0. The van der Waals surface area contributed by atoms with Crippen molar-refractivity contribution in [3.63, 3.8) is 0 Å². The summed E-state index contributed by atoms with van der Waals surface area (Å²) in [6, 6.07) is 16.9. The summed E-state index contributed by atoms with van der Waals surface area (Å²) in [6.45, 7) is 2.59. The molecule has 0 saturated heterocycles. The minimum absolute atomic E-state index is 0.284. The Morgan fingerprint density at radius 2 is 1.81 bits per heavy atom. The van der Waals surface area contributed by atoms with E-state index < -0.39 is 5.97 Å². The molecular formula is C20H19ClN2O3. The third kappa shape index (κ3) is 4.06. The Balaban J connectivity index is 1.99. The lowest BCUT2D eigenvalue weighted by atomic mass is 10.1. The Morgan fingerprint density at radius 1 is 1.12 bits per heavy atom. The molecule has 6 heteroatoms. The predicted molar refractivity (Wildman–Crippen MR) is 101 cm³/mol. The van der Waals surface area contributed by atoms with Crippen LogP contribution in [0.15, 0.2) is 54.6 Å². The van der Waals surface area contributed by atoms with Gasteiger partial charge in [-0.25, -0.2) is 4.79 Å². The van der Waals surface area contributed by atoms with E-state index in [0.717, 1.165) is 22.6 Å². The van der Waals surface area contributed by atoms with Crippen LogP contribution in [0.25, 0.3) is 11.3 Å². The average molecular weight is 371 g/mol. The highest BCUT2D eigenvalue weighted by Crippen LogP contribution is 2.25. The number of carbonyl (C=O) groups is 1. The maximum absolute atomic E-state index is 12.1.